The number of aromatic nitrogens is 2. The Kier molecular flexibility index (Phi) is 6.17. The van der Waals surface area contributed by atoms with Crippen molar-refractivity contribution in [1.82, 2.24) is 19.2 Å². The van der Waals surface area contributed by atoms with Gasteiger partial charge in [-0.15, -0.1) is 11.3 Å². The highest BCUT2D eigenvalue weighted by atomic mass is 35.5. The molecule has 0 unspecified atom stereocenters. The Morgan fingerprint density at radius 1 is 1.48 bits per heavy atom. The number of thiophene rings is 1. The zero-order valence-electron chi connectivity index (χ0n) is 12.5. The molecule has 2 aromatic rings. The van der Waals surface area contributed by atoms with Crippen LogP contribution in [0.15, 0.2) is 35.1 Å². The zero-order valence-corrected chi connectivity index (χ0v) is 14.9. The van der Waals surface area contributed by atoms with Gasteiger partial charge in [-0.1, -0.05) is 11.6 Å². The summed E-state index contributed by atoms with van der Waals surface area (Å²) in [5.74, 6) is -0.343. The third-order valence-electron chi connectivity index (χ3n) is 3.05. The monoisotopic (exact) mass is 376 g/mol. The number of imidazole rings is 1. The largest absolute Gasteiger partial charge is 0.355 e. The number of hydrogen-bond acceptors (Lipinski definition) is 5. The summed E-state index contributed by atoms with van der Waals surface area (Å²) in [6.45, 7) is 0.973. The molecule has 7 nitrogen and oxygen atoms in total. The van der Waals surface area contributed by atoms with Crippen LogP contribution in [0.5, 0.6) is 0 Å². The molecule has 0 radical (unpaired) electrons. The molecule has 0 atom stereocenters. The average molecular weight is 377 g/mol. The number of hydrogen-bond donors (Lipinski definition) is 1. The van der Waals surface area contributed by atoms with E-state index in [9.17, 15) is 13.2 Å². The Bertz CT molecular complexity index is 743. The van der Waals surface area contributed by atoms with Crippen molar-refractivity contribution in [3.63, 3.8) is 0 Å². The van der Waals surface area contributed by atoms with Crippen molar-refractivity contribution in [2.75, 3.05) is 20.1 Å². The predicted octanol–water partition coefficient (Wildman–Crippen LogP) is 1.43. The minimum absolute atomic E-state index is 0.123. The second kappa shape index (κ2) is 7.91. The maximum absolute atomic E-state index is 12.3. The fraction of sp³-hybridized carbons (Fsp3) is 0.385. The van der Waals surface area contributed by atoms with Crippen LogP contribution >= 0.6 is 22.9 Å². The second-order valence-corrected chi connectivity index (χ2v) is 8.81. The van der Waals surface area contributed by atoms with Gasteiger partial charge in [0.05, 0.1) is 17.2 Å². The fourth-order valence-electron chi connectivity index (χ4n) is 1.84. The van der Waals surface area contributed by atoms with E-state index >= 15 is 0 Å². The van der Waals surface area contributed by atoms with E-state index in [1.807, 2.05) is 10.8 Å². The van der Waals surface area contributed by atoms with E-state index < -0.39 is 10.0 Å². The van der Waals surface area contributed by atoms with Gasteiger partial charge in [-0.3, -0.25) is 4.79 Å². The molecule has 126 valence electrons. The molecule has 0 saturated carbocycles. The maximum atomic E-state index is 12.3. The molecule has 2 heterocycles. The van der Waals surface area contributed by atoms with E-state index in [-0.39, 0.29) is 16.7 Å². The zero-order chi connectivity index (χ0) is 16.9. The van der Waals surface area contributed by atoms with Crippen molar-refractivity contribution in [1.29, 1.82) is 0 Å². The highest BCUT2D eigenvalue weighted by Crippen LogP contribution is 2.27. The normalized spacial score (nSPS) is 11.8. The standard InChI is InChI=1S/C13H17ClN4O3S2/c1-17(23(20,21)13-4-3-11(14)22-13)9-12(19)16-5-2-7-18-8-6-15-10-18/h3-4,6,8,10H,2,5,7,9H2,1H3,(H,16,19). The summed E-state index contributed by atoms with van der Waals surface area (Å²) in [4.78, 5) is 15.8. The van der Waals surface area contributed by atoms with Crippen molar-refractivity contribution in [2.24, 2.45) is 0 Å². The molecule has 1 N–H and O–H groups in total. The van der Waals surface area contributed by atoms with E-state index in [0.29, 0.717) is 10.9 Å². The molecule has 0 bridgehead atoms. The lowest BCUT2D eigenvalue weighted by molar-refractivity contribution is -0.121. The van der Waals surface area contributed by atoms with E-state index in [4.69, 9.17) is 11.6 Å². The number of carbonyl (C=O) groups is 1. The molecule has 0 aliphatic carbocycles. The molecule has 0 spiro atoms. The van der Waals surface area contributed by atoms with Crippen molar-refractivity contribution in [3.8, 4) is 0 Å². The number of carbonyl (C=O) groups excluding carboxylic acids is 1. The minimum atomic E-state index is -3.69. The SMILES string of the molecule is CN(CC(=O)NCCCn1ccnc1)S(=O)(=O)c1ccc(Cl)s1. The third kappa shape index (κ3) is 5.03. The van der Waals surface area contributed by atoms with Crippen molar-refractivity contribution >= 4 is 38.9 Å². The molecule has 0 aromatic carbocycles. The Labute approximate surface area is 143 Å². The lowest BCUT2D eigenvalue weighted by atomic mass is 10.4. The van der Waals surface area contributed by atoms with Crippen molar-refractivity contribution < 1.29 is 13.2 Å². The first-order valence-electron chi connectivity index (χ1n) is 6.83. The van der Waals surface area contributed by atoms with Crippen molar-refractivity contribution in [3.05, 3.63) is 35.2 Å². The first-order valence-corrected chi connectivity index (χ1v) is 9.47. The van der Waals surface area contributed by atoms with Gasteiger partial charge in [-0.05, 0) is 18.6 Å². The fourth-order valence-corrected chi connectivity index (χ4v) is 4.66. The molecule has 0 aliphatic rings. The highest BCUT2D eigenvalue weighted by molar-refractivity contribution is 7.91. The van der Waals surface area contributed by atoms with Crippen molar-refractivity contribution in [2.45, 2.75) is 17.2 Å². The van der Waals surface area contributed by atoms with Gasteiger partial charge in [0, 0.05) is 32.5 Å². The smallest absolute Gasteiger partial charge is 0.252 e. The van der Waals surface area contributed by atoms with E-state index in [1.54, 1.807) is 12.5 Å². The number of nitrogens with zero attached hydrogens (tertiary/aromatic N) is 3. The molecule has 0 aliphatic heterocycles. The van der Waals surface area contributed by atoms with Gasteiger partial charge in [-0.25, -0.2) is 13.4 Å². The van der Waals surface area contributed by atoms with Crippen LogP contribution in [-0.2, 0) is 21.4 Å². The number of sulfonamides is 1. The van der Waals surface area contributed by atoms with Crippen LogP contribution in [0, 0.1) is 0 Å². The number of aryl methyl sites for hydroxylation is 1. The summed E-state index contributed by atoms with van der Waals surface area (Å²) >= 11 is 6.72. The molecule has 10 heteroatoms. The van der Waals surface area contributed by atoms with E-state index in [2.05, 4.69) is 10.3 Å². The third-order valence-corrected chi connectivity index (χ3v) is 6.56. The van der Waals surface area contributed by atoms with E-state index in [0.717, 1.165) is 28.6 Å². The lowest BCUT2D eigenvalue weighted by Gasteiger charge is -2.15. The molecular weight excluding hydrogens is 360 g/mol. The minimum Gasteiger partial charge on any atom is -0.355 e. The Hall–Kier alpha value is -1.42. The van der Waals surface area contributed by atoms with Gasteiger partial charge in [0.25, 0.3) is 10.0 Å². The Morgan fingerprint density at radius 3 is 2.87 bits per heavy atom. The van der Waals surface area contributed by atoms with Gasteiger partial charge in [0.2, 0.25) is 5.91 Å². The highest BCUT2D eigenvalue weighted by Gasteiger charge is 2.24. The average Bonchev–Trinajstić information content (AvgIpc) is 3.15. The quantitative estimate of drug-likeness (QED) is 0.706. The van der Waals surface area contributed by atoms with Gasteiger partial charge in [0.15, 0.2) is 0 Å². The molecular formula is C13H17ClN4O3S2. The molecule has 0 saturated heterocycles. The van der Waals surface area contributed by atoms with Gasteiger partial charge in [-0.2, -0.15) is 4.31 Å². The second-order valence-electron chi connectivity index (χ2n) is 4.82. The predicted molar refractivity (Wildman–Crippen MR) is 89.0 cm³/mol. The summed E-state index contributed by atoms with van der Waals surface area (Å²) < 4.78 is 27.9. The van der Waals surface area contributed by atoms with Crippen LogP contribution in [0.2, 0.25) is 4.34 Å². The van der Waals surface area contributed by atoms with Crippen LogP contribution in [-0.4, -0.2) is 48.3 Å². The summed E-state index contributed by atoms with van der Waals surface area (Å²) in [6, 6.07) is 2.95. The molecule has 2 aromatic heterocycles. The number of rotatable bonds is 8. The maximum Gasteiger partial charge on any atom is 0.252 e. The van der Waals surface area contributed by atoms with Crippen LogP contribution in [0.3, 0.4) is 0 Å². The molecule has 23 heavy (non-hydrogen) atoms. The topological polar surface area (TPSA) is 84.3 Å². The first kappa shape index (κ1) is 17.9. The summed E-state index contributed by atoms with van der Waals surface area (Å²) in [7, 11) is -2.32. The van der Waals surface area contributed by atoms with Gasteiger partial charge < -0.3 is 9.88 Å². The Balaban J connectivity index is 1.77. The number of halogens is 1. The van der Waals surface area contributed by atoms with Crippen LogP contribution in [0.1, 0.15) is 6.42 Å². The van der Waals surface area contributed by atoms with Crippen LogP contribution in [0.4, 0.5) is 0 Å². The number of likely N-dealkylation sites (N-methyl/N-ethyl adjacent to an activating group) is 1. The van der Waals surface area contributed by atoms with Gasteiger partial charge >= 0.3 is 0 Å². The lowest BCUT2D eigenvalue weighted by Crippen LogP contribution is -2.38. The summed E-state index contributed by atoms with van der Waals surface area (Å²) in [6.07, 6.45) is 5.97. The van der Waals surface area contributed by atoms with E-state index in [1.165, 1.54) is 19.2 Å². The number of nitrogens with one attached hydrogen (secondary N) is 1. The van der Waals surface area contributed by atoms with Crippen LogP contribution < -0.4 is 5.32 Å². The number of amides is 1. The van der Waals surface area contributed by atoms with Crippen LogP contribution in [0.25, 0.3) is 0 Å². The molecule has 0 fully saturated rings. The first-order chi connectivity index (χ1) is 10.9. The molecule has 2 rings (SSSR count). The van der Waals surface area contributed by atoms with Gasteiger partial charge in [0.1, 0.15) is 4.21 Å². The summed E-state index contributed by atoms with van der Waals surface area (Å²) in [5.41, 5.74) is 0. The summed E-state index contributed by atoms with van der Waals surface area (Å²) in [5, 5.41) is 2.70. The Morgan fingerprint density at radius 2 is 2.26 bits per heavy atom. The molecule has 1 amide bonds.